The molecule has 0 aliphatic heterocycles. The van der Waals surface area contributed by atoms with Crippen molar-refractivity contribution < 1.29 is 9.47 Å². The van der Waals surface area contributed by atoms with Gasteiger partial charge in [0.15, 0.2) is 0 Å². The number of aromatic nitrogens is 1. The third kappa shape index (κ3) is 4.93. The normalized spacial score (nSPS) is 15.9. The van der Waals surface area contributed by atoms with E-state index in [1.807, 2.05) is 29.8 Å². The fourth-order valence-corrected chi connectivity index (χ4v) is 4.19. The number of hydrogen-bond acceptors (Lipinski definition) is 5. The van der Waals surface area contributed by atoms with Gasteiger partial charge in [0.05, 0.1) is 26.5 Å². The quantitative estimate of drug-likeness (QED) is 0.479. The lowest BCUT2D eigenvalue weighted by molar-refractivity contribution is 0.395. The molecule has 1 fully saturated rings. The summed E-state index contributed by atoms with van der Waals surface area (Å²) in [6.07, 6.45) is 8.45. The summed E-state index contributed by atoms with van der Waals surface area (Å²) in [5.41, 5.74) is 2.97. The highest BCUT2D eigenvalue weighted by Crippen LogP contribution is 2.33. The van der Waals surface area contributed by atoms with E-state index in [1.54, 1.807) is 25.6 Å². The SMILES string of the molecule is C=C(C)CN=c1scc(-c2ccc(OC)cc2OC)n1N=CC1CCCCC1. The fourth-order valence-electron chi connectivity index (χ4n) is 3.36. The molecule has 3 rings (SSSR count). The van der Waals surface area contributed by atoms with Crippen LogP contribution in [0, 0.1) is 5.92 Å². The topological polar surface area (TPSA) is 48.1 Å². The van der Waals surface area contributed by atoms with Crippen molar-refractivity contribution in [3.05, 3.63) is 40.5 Å². The number of nitrogens with zero attached hydrogens (tertiary/aromatic N) is 3. The monoisotopic (exact) mass is 399 g/mol. The predicted molar refractivity (Wildman–Crippen MR) is 117 cm³/mol. The van der Waals surface area contributed by atoms with Crippen molar-refractivity contribution in [1.82, 2.24) is 4.68 Å². The first-order chi connectivity index (χ1) is 13.6. The molecule has 0 amide bonds. The summed E-state index contributed by atoms with van der Waals surface area (Å²) >= 11 is 1.58. The van der Waals surface area contributed by atoms with Crippen LogP contribution in [0.3, 0.4) is 0 Å². The van der Waals surface area contributed by atoms with Gasteiger partial charge in [-0.05, 0) is 37.8 Å². The van der Waals surface area contributed by atoms with Gasteiger partial charge in [-0.3, -0.25) is 4.99 Å². The highest BCUT2D eigenvalue weighted by molar-refractivity contribution is 7.07. The second kappa shape index (κ2) is 9.73. The Bertz CT molecular complexity index is 905. The molecule has 0 N–H and O–H groups in total. The highest BCUT2D eigenvalue weighted by Gasteiger charge is 2.15. The molecule has 0 radical (unpaired) electrons. The largest absolute Gasteiger partial charge is 0.497 e. The van der Waals surface area contributed by atoms with Gasteiger partial charge in [0.25, 0.3) is 0 Å². The summed E-state index contributed by atoms with van der Waals surface area (Å²) in [5.74, 6) is 2.06. The van der Waals surface area contributed by atoms with Gasteiger partial charge < -0.3 is 9.47 Å². The minimum atomic E-state index is 0.542. The third-order valence-corrected chi connectivity index (χ3v) is 5.75. The van der Waals surface area contributed by atoms with Gasteiger partial charge in [0, 0.05) is 23.2 Å². The van der Waals surface area contributed by atoms with E-state index in [9.17, 15) is 0 Å². The smallest absolute Gasteiger partial charge is 0.206 e. The van der Waals surface area contributed by atoms with Crippen LogP contribution in [0.5, 0.6) is 11.5 Å². The Kier molecular flexibility index (Phi) is 7.09. The van der Waals surface area contributed by atoms with Crippen LogP contribution in [0.4, 0.5) is 0 Å². The maximum atomic E-state index is 5.61. The van der Waals surface area contributed by atoms with Crippen LogP contribution >= 0.6 is 11.3 Å². The van der Waals surface area contributed by atoms with Gasteiger partial charge in [-0.15, -0.1) is 11.3 Å². The first-order valence-electron chi connectivity index (χ1n) is 9.74. The van der Waals surface area contributed by atoms with Crippen molar-refractivity contribution in [2.45, 2.75) is 39.0 Å². The molecule has 1 saturated carbocycles. The zero-order chi connectivity index (χ0) is 19.9. The van der Waals surface area contributed by atoms with Crippen molar-refractivity contribution >= 4 is 17.6 Å². The van der Waals surface area contributed by atoms with E-state index < -0.39 is 0 Å². The molecule has 1 aromatic carbocycles. The van der Waals surface area contributed by atoms with E-state index in [1.165, 1.54) is 32.1 Å². The van der Waals surface area contributed by atoms with Crippen molar-refractivity contribution in [2.75, 3.05) is 20.8 Å². The van der Waals surface area contributed by atoms with E-state index in [0.29, 0.717) is 12.5 Å². The molecule has 150 valence electrons. The molecule has 1 aliphatic carbocycles. The minimum absolute atomic E-state index is 0.542. The van der Waals surface area contributed by atoms with E-state index in [-0.39, 0.29) is 0 Å². The predicted octanol–water partition coefficient (Wildman–Crippen LogP) is 5.12. The molecule has 5 nitrogen and oxygen atoms in total. The highest BCUT2D eigenvalue weighted by atomic mass is 32.1. The maximum Gasteiger partial charge on any atom is 0.206 e. The van der Waals surface area contributed by atoms with E-state index >= 15 is 0 Å². The van der Waals surface area contributed by atoms with Crippen LogP contribution in [0.2, 0.25) is 0 Å². The van der Waals surface area contributed by atoms with E-state index in [0.717, 1.165) is 33.1 Å². The van der Waals surface area contributed by atoms with Crippen LogP contribution in [0.25, 0.3) is 11.3 Å². The van der Waals surface area contributed by atoms with Crippen molar-refractivity contribution in [1.29, 1.82) is 0 Å². The Balaban J connectivity index is 2.04. The molecule has 2 aromatic rings. The fraction of sp³-hybridized carbons (Fsp3) is 0.455. The number of ether oxygens (including phenoxy) is 2. The number of hydrogen-bond donors (Lipinski definition) is 0. The molecule has 0 unspecified atom stereocenters. The molecule has 1 aliphatic rings. The van der Waals surface area contributed by atoms with Crippen LogP contribution in [0.15, 0.2) is 45.8 Å². The Labute approximate surface area is 171 Å². The second-order valence-corrected chi connectivity index (χ2v) is 8.05. The van der Waals surface area contributed by atoms with Gasteiger partial charge in [-0.25, -0.2) is 4.68 Å². The van der Waals surface area contributed by atoms with Crippen LogP contribution in [0.1, 0.15) is 39.0 Å². The summed E-state index contributed by atoms with van der Waals surface area (Å²) in [6, 6.07) is 5.84. The number of benzene rings is 1. The lowest BCUT2D eigenvalue weighted by Crippen LogP contribution is -2.15. The molecule has 0 bridgehead atoms. The summed E-state index contributed by atoms with van der Waals surface area (Å²) in [6.45, 7) is 6.54. The number of methoxy groups -OCH3 is 2. The standard InChI is InChI=1S/C22H29N3O2S/c1-16(2)13-23-22-25(24-14-17-8-6-5-7-9-17)20(15-28-22)19-11-10-18(26-3)12-21(19)27-4/h10-12,14-15,17H,1,5-9,13H2,2-4H3. The van der Waals surface area contributed by atoms with Crippen LogP contribution in [-0.2, 0) is 0 Å². The maximum absolute atomic E-state index is 5.61. The van der Waals surface area contributed by atoms with Gasteiger partial charge >= 0.3 is 0 Å². The van der Waals surface area contributed by atoms with Crippen LogP contribution < -0.4 is 14.3 Å². The number of rotatable bonds is 7. The summed E-state index contributed by atoms with van der Waals surface area (Å²) in [5, 5.41) is 6.94. The average Bonchev–Trinajstić information content (AvgIpc) is 3.13. The first-order valence-corrected chi connectivity index (χ1v) is 10.6. The molecular weight excluding hydrogens is 370 g/mol. The Morgan fingerprint density at radius 2 is 2.04 bits per heavy atom. The van der Waals surface area contributed by atoms with Crippen molar-refractivity contribution in [3.63, 3.8) is 0 Å². The molecular formula is C22H29N3O2S. The molecule has 1 aromatic heterocycles. The third-order valence-electron chi connectivity index (χ3n) is 4.90. The summed E-state index contributed by atoms with van der Waals surface area (Å²) in [4.78, 5) is 5.57. The van der Waals surface area contributed by atoms with Crippen LogP contribution in [-0.4, -0.2) is 31.7 Å². The summed E-state index contributed by atoms with van der Waals surface area (Å²) < 4.78 is 12.9. The van der Waals surface area contributed by atoms with E-state index in [2.05, 4.69) is 18.2 Å². The lowest BCUT2D eigenvalue weighted by atomic mass is 9.90. The lowest BCUT2D eigenvalue weighted by Gasteiger charge is -2.17. The van der Waals surface area contributed by atoms with Gasteiger partial charge in [-0.1, -0.05) is 31.4 Å². The molecule has 6 heteroatoms. The van der Waals surface area contributed by atoms with Crippen molar-refractivity contribution in [2.24, 2.45) is 16.0 Å². The Morgan fingerprint density at radius 1 is 1.25 bits per heavy atom. The van der Waals surface area contributed by atoms with Crippen molar-refractivity contribution in [3.8, 4) is 22.8 Å². The Hall–Kier alpha value is -2.34. The number of thiazole rings is 1. The van der Waals surface area contributed by atoms with Gasteiger partial charge in [0.1, 0.15) is 11.5 Å². The Morgan fingerprint density at radius 3 is 2.71 bits per heavy atom. The molecule has 0 spiro atoms. The average molecular weight is 400 g/mol. The first kappa shape index (κ1) is 20.4. The molecule has 1 heterocycles. The van der Waals surface area contributed by atoms with Gasteiger partial charge in [0.2, 0.25) is 4.80 Å². The second-order valence-electron chi connectivity index (χ2n) is 7.22. The molecule has 0 saturated heterocycles. The van der Waals surface area contributed by atoms with Gasteiger partial charge in [-0.2, -0.15) is 5.10 Å². The zero-order valence-corrected chi connectivity index (χ0v) is 17.8. The minimum Gasteiger partial charge on any atom is -0.497 e. The summed E-state index contributed by atoms with van der Waals surface area (Å²) in [7, 11) is 3.33. The van der Waals surface area contributed by atoms with E-state index in [4.69, 9.17) is 19.6 Å². The molecule has 0 atom stereocenters. The zero-order valence-electron chi connectivity index (χ0n) is 17.0. The molecule has 28 heavy (non-hydrogen) atoms.